The molecule has 0 aliphatic carbocycles. The Kier molecular flexibility index (Phi) is 5.95. The summed E-state index contributed by atoms with van der Waals surface area (Å²) in [5.41, 5.74) is 4.74. The molecule has 126 valence electrons. The summed E-state index contributed by atoms with van der Waals surface area (Å²) in [5, 5.41) is 8.82. The lowest BCUT2D eigenvalue weighted by Crippen LogP contribution is -2.16. The van der Waals surface area contributed by atoms with Gasteiger partial charge in [0.25, 0.3) is 0 Å². The van der Waals surface area contributed by atoms with Crippen molar-refractivity contribution in [3.05, 3.63) is 53.6 Å². The molecule has 0 heterocycles. The average Bonchev–Trinajstić information content (AvgIpc) is 2.47. The number of carbonyl (C=O) groups is 2. The van der Waals surface area contributed by atoms with Crippen molar-refractivity contribution in [2.75, 3.05) is 22.5 Å². The van der Waals surface area contributed by atoms with E-state index in [0.29, 0.717) is 13.0 Å². The number of benzene rings is 2. The molecule has 2 aromatic rings. The zero-order valence-electron chi connectivity index (χ0n) is 14.3. The van der Waals surface area contributed by atoms with Crippen LogP contribution in [-0.4, -0.2) is 18.4 Å². The van der Waals surface area contributed by atoms with Gasteiger partial charge < -0.3 is 16.0 Å². The zero-order valence-corrected chi connectivity index (χ0v) is 14.3. The van der Waals surface area contributed by atoms with E-state index in [9.17, 15) is 9.59 Å². The molecule has 0 saturated carbocycles. The molecule has 0 aliphatic heterocycles. The molecule has 5 nitrogen and oxygen atoms in total. The minimum absolute atomic E-state index is 0.0256. The van der Waals surface area contributed by atoms with Crippen molar-refractivity contribution < 1.29 is 9.59 Å². The topological polar surface area (TPSA) is 70.2 Å². The van der Waals surface area contributed by atoms with Crippen LogP contribution in [0.5, 0.6) is 0 Å². The molecule has 0 aromatic heterocycles. The predicted molar refractivity (Wildman–Crippen MR) is 98.4 cm³/mol. The number of aryl methyl sites for hydroxylation is 2. The molecule has 0 spiro atoms. The molecule has 5 heteroatoms. The van der Waals surface area contributed by atoms with Gasteiger partial charge in [0.15, 0.2) is 0 Å². The molecule has 0 aliphatic rings. The predicted octanol–water partition coefficient (Wildman–Crippen LogP) is 3.70. The summed E-state index contributed by atoms with van der Waals surface area (Å²) >= 11 is 0. The van der Waals surface area contributed by atoms with Gasteiger partial charge in [-0.3, -0.25) is 9.59 Å². The Balaban J connectivity index is 1.78. The molecule has 0 bridgehead atoms. The van der Waals surface area contributed by atoms with E-state index in [2.05, 4.69) is 22.0 Å². The van der Waals surface area contributed by atoms with E-state index in [1.807, 2.05) is 50.2 Å². The van der Waals surface area contributed by atoms with Gasteiger partial charge in [-0.15, -0.1) is 0 Å². The molecule has 3 N–H and O–H groups in total. The second kappa shape index (κ2) is 8.15. The van der Waals surface area contributed by atoms with E-state index in [1.54, 1.807) is 0 Å². The molecule has 0 radical (unpaired) electrons. The number of nitrogens with one attached hydrogen (secondary N) is 3. The summed E-state index contributed by atoms with van der Waals surface area (Å²) in [6.07, 6.45) is 0.375. The van der Waals surface area contributed by atoms with Gasteiger partial charge in [0.05, 0.1) is 0 Å². The molecule has 0 atom stereocenters. The van der Waals surface area contributed by atoms with Crippen molar-refractivity contribution in [2.45, 2.75) is 27.2 Å². The number of anilines is 3. The summed E-state index contributed by atoms with van der Waals surface area (Å²) < 4.78 is 0. The van der Waals surface area contributed by atoms with Crippen LogP contribution in [0, 0.1) is 13.8 Å². The quantitative estimate of drug-likeness (QED) is 0.758. The minimum atomic E-state index is -0.0984. The third-order valence-corrected chi connectivity index (χ3v) is 3.39. The average molecular weight is 325 g/mol. The fraction of sp³-hybridized carbons (Fsp3) is 0.263. The summed E-state index contributed by atoms with van der Waals surface area (Å²) in [7, 11) is 0. The van der Waals surface area contributed by atoms with Crippen LogP contribution in [0.3, 0.4) is 0 Å². The summed E-state index contributed by atoms with van der Waals surface area (Å²) in [6.45, 7) is 6.03. The SMILES string of the molecule is CC(=O)Nc1ccc(NCCC(=O)Nc2cc(C)cc(C)c2)cc1. The highest BCUT2D eigenvalue weighted by Gasteiger charge is 2.03. The van der Waals surface area contributed by atoms with Crippen LogP contribution in [0.1, 0.15) is 24.5 Å². The van der Waals surface area contributed by atoms with Gasteiger partial charge in [0, 0.05) is 37.0 Å². The van der Waals surface area contributed by atoms with Gasteiger partial charge in [-0.25, -0.2) is 0 Å². The van der Waals surface area contributed by atoms with Crippen LogP contribution >= 0.6 is 0 Å². The molecule has 0 saturated heterocycles. The molecule has 24 heavy (non-hydrogen) atoms. The number of carbonyl (C=O) groups excluding carboxylic acids is 2. The molecular formula is C19H23N3O2. The fourth-order valence-electron chi connectivity index (χ4n) is 2.47. The summed E-state index contributed by atoms with van der Waals surface area (Å²) in [5.74, 6) is -0.124. The van der Waals surface area contributed by atoms with Crippen LogP contribution in [0.2, 0.25) is 0 Å². The minimum Gasteiger partial charge on any atom is -0.385 e. The van der Waals surface area contributed by atoms with Crippen molar-refractivity contribution in [3.8, 4) is 0 Å². The monoisotopic (exact) mass is 325 g/mol. The zero-order chi connectivity index (χ0) is 17.5. The second-order valence-corrected chi connectivity index (χ2v) is 5.86. The van der Waals surface area contributed by atoms with Gasteiger partial charge in [-0.1, -0.05) is 6.07 Å². The van der Waals surface area contributed by atoms with Crippen molar-refractivity contribution in [3.63, 3.8) is 0 Å². The van der Waals surface area contributed by atoms with Crippen LogP contribution in [0.25, 0.3) is 0 Å². The molecule has 2 amide bonds. The lowest BCUT2D eigenvalue weighted by molar-refractivity contribution is -0.116. The smallest absolute Gasteiger partial charge is 0.226 e. The number of rotatable bonds is 6. The van der Waals surface area contributed by atoms with Crippen LogP contribution in [0.4, 0.5) is 17.1 Å². The van der Waals surface area contributed by atoms with Crippen molar-refractivity contribution in [2.24, 2.45) is 0 Å². The Bertz CT molecular complexity index is 704. The van der Waals surface area contributed by atoms with E-state index in [4.69, 9.17) is 0 Å². The molecule has 2 aromatic carbocycles. The number of hydrogen-bond donors (Lipinski definition) is 3. The highest BCUT2D eigenvalue weighted by atomic mass is 16.2. The lowest BCUT2D eigenvalue weighted by atomic mass is 10.1. The van der Waals surface area contributed by atoms with Crippen molar-refractivity contribution in [1.29, 1.82) is 0 Å². The highest BCUT2D eigenvalue weighted by molar-refractivity contribution is 5.91. The van der Waals surface area contributed by atoms with Gasteiger partial charge in [0.2, 0.25) is 11.8 Å². The van der Waals surface area contributed by atoms with Gasteiger partial charge >= 0.3 is 0 Å². The van der Waals surface area contributed by atoms with E-state index < -0.39 is 0 Å². The number of hydrogen-bond acceptors (Lipinski definition) is 3. The van der Waals surface area contributed by atoms with E-state index in [0.717, 1.165) is 28.2 Å². The highest BCUT2D eigenvalue weighted by Crippen LogP contribution is 2.15. The maximum atomic E-state index is 12.0. The molecule has 0 unspecified atom stereocenters. The van der Waals surface area contributed by atoms with Crippen LogP contribution in [0.15, 0.2) is 42.5 Å². The van der Waals surface area contributed by atoms with Crippen LogP contribution < -0.4 is 16.0 Å². The third-order valence-electron chi connectivity index (χ3n) is 3.39. The normalized spacial score (nSPS) is 10.1. The Labute approximate surface area is 142 Å². The first kappa shape index (κ1) is 17.5. The first-order valence-corrected chi connectivity index (χ1v) is 7.92. The summed E-state index contributed by atoms with van der Waals surface area (Å²) in [4.78, 5) is 23.0. The van der Waals surface area contributed by atoms with Crippen molar-refractivity contribution >= 4 is 28.9 Å². The standard InChI is InChI=1S/C19H23N3O2/c1-13-10-14(2)12-18(11-13)22-19(24)8-9-20-16-4-6-17(7-5-16)21-15(3)23/h4-7,10-12,20H,8-9H2,1-3H3,(H,21,23)(H,22,24). The lowest BCUT2D eigenvalue weighted by Gasteiger charge is -2.09. The van der Waals surface area contributed by atoms with Gasteiger partial charge in [-0.05, 0) is 61.4 Å². The first-order chi connectivity index (χ1) is 11.4. The maximum absolute atomic E-state index is 12.0. The van der Waals surface area contributed by atoms with E-state index in [1.165, 1.54) is 6.92 Å². The van der Waals surface area contributed by atoms with E-state index >= 15 is 0 Å². The van der Waals surface area contributed by atoms with Crippen LogP contribution in [-0.2, 0) is 9.59 Å². The fourth-order valence-corrected chi connectivity index (χ4v) is 2.47. The molecule has 2 rings (SSSR count). The summed E-state index contributed by atoms with van der Waals surface area (Å²) in [6, 6.07) is 13.4. The first-order valence-electron chi connectivity index (χ1n) is 7.92. The Morgan fingerprint density at radius 3 is 2.00 bits per heavy atom. The van der Waals surface area contributed by atoms with E-state index in [-0.39, 0.29) is 11.8 Å². The Hall–Kier alpha value is -2.82. The maximum Gasteiger partial charge on any atom is 0.226 e. The molecular weight excluding hydrogens is 302 g/mol. The second-order valence-electron chi connectivity index (χ2n) is 5.86. The largest absolute Gasteiger partial charge is 0.385 e. The molecule has 0 fully saturated rings. The van der Waals surface area contributed by atoms with Gasteiger partial charge in [0.1, 0.15) is 0 Å². The third kappa shape index (κ3) is 5.76. The Morgan fingerprint density at radius 1 is 0.833 bits per heavy atom. The number of amides is 2. The van der Waals surface area contributed by atoms with Gasteiger partial charge in [-0.2, -0.15) is 0 Å². The van der Waals surface area contributed by atoms with Crippen molar-refractivity contribution in [1.82, 2.24) is 0 Å². The Morgan fingerprint density at radius 2 is 1.42 bits per heavy atom.